The lowest BCUT2D eigenvalue weighted by Crippen LogP contribution is -2.38. The van der Waals surface area contributed by atoms with E-state index in [4.69, 9.17) is 0 Å². The molecule has 0 aliphatic heterocycles. The van der Waals surface area contributed by atoms with E-state index in [0.29, 0.717) is 15.8 Å². The maximum absolute atomic E-state index is 14.1. The van der Waals surface area contributed by atoms with Gasteiger partial charge in [0.1, 0.15) is 16.3 Å². The second kappa shape index (κ2) is 6.34. The number of benzene rings is 2. The summed E-state index contributed by atoms with van der Waals surface area (Å²) in [6.45, 7) is -0.0137. The second-order valence-corrected chi connectivity index (χ2v) is 6.63. The van der Waals surface area contributed by atoms with Gasteiger partial charge in [0.2, 0.25) is 0 Å². The summed E-state index contributed by atoms with van der Waals surface area (Å²) in [4.78, 5) is 25.8. The van der Waals surface area contributed by atoms with Crippen molar-refractivity contribution in [1.82, 2.24) is 9.13 Å². The monoisotopic (exact) mass is 370 g/mol. The molecule has 4 rings (SSSR count). The van der Waals surface area contributed by atoms with E-state index in [-0.39, 0.29) is 12.2 Å². The number of hydrogen-bond acceptors (Lipinski definition) is 3. The molecule has 26 heavy (non-hydrogen) atoms. The summed E-state index contributed by atoms with van der Waals surface area (Å²) in [5.41, 5.74) is -0.0239. The number of nitrogens with zero attached hydrogens (tertiary/aromatic N) is 2. The van der Waals surface area contributed by atoms with Gasteiger partial charge >= 0.3 is 5.69 Å². The molecule has 0 saturated carbocycles. The van der Waals surface area contributed by atoms with Gasteiger partial charge < -0.3 is 0 Å². The average molecular weight is 370 g/mol. The highest BCUT2D eigenvalue weighted by atomic mass is 32.1. The highest BCUT2D eigenvalue weighted by molar-refractivity contribution is 7.17. The Kier molecular flexibility index (Phi) is 4.00. The van der Waals surface area contributed by atoms with Gasteiger partial charge in [0.15, 0.2) is 0 Å². The Balaban J connectivity index is 2.00. The van der Waals surface area contributed by atoms with Crippen molar-refractivity contribution in [1.29, 1.82) is 0 Å². The zero-order valence-electron chi connectivity index (χ0n) is 13.4. The quantitative estimate of drug-likeness (QED) is 0.554. The first-order valence-corrected chi connectivity index (χ1v) is 8.66. The zero-order chi connectivity index (χ0) is 18.3. The van der Waals surface area contributed by atoms with E-state index in [1.165, 1.54) is 46.2 Å². The van der Waals surface area contributed by atoms with Gasteiger partial charge in [-0.3, -0.25) is 9.36 Å². The number of aromatic nitrogens is 2. The molecule has 0 unspecified atom stereocenters. The molecular weight excluding hydrogens is 358 g/mol. The van der Waals surface area contributed by atoms with Crippen molar-refractivity contribution >= 4 is 21.6 Å². The third-order valence-electron chi connectivity index (χ3n) is 4.13. The molecule has 2 aromatic heterocycles. The van der Waals surface area contributed by atoms with Crippen molar-refractivity contribution in [2.75, 3.05) is 0 Å². The molecule has 2 aromatic carbocycles. The lowest BCUT2D eigenvalue weighted by molar-refractivity contribution is 0.594. The molecule has 0 aliphatic carbocycles. The van der Waals surface area contributed by atoms with E-state index in [2.05, 4.69) is 0 Å². The molecule has 2 heterocycles. The van der Waals surface area contributed by atoms with Crippen LogP contribution in [0.2, 0.25) is 0 Å². The first-order chi connectivity index (χ1) is 12.6. The molecular formula is C19H12F2N2O2S. The van der Waals surface area contributed by atoms with Crippen molar-refractivity contribution in [2.45, 2.75) is 6.54 Å². The summed E-state index contributed by atoms with van der Waals surface area (Å²) in [6.07, 6.45) is 0. The summed E-state index contributed by atoms with van der Waals surface area (Å²) in [5.74, 6) is -0.895. The van der Waals surface area contributed by atoms with Crippen LogP contribution in [-0.2, 0) is 6.54 Å². The van der Waals surface area contributed by atoms with Crippen LogP contribution < -0.4 is 11.2 Å². The maximum Gasteiger partial charge on any atom is 0.336 e. The van der Waals surface area contributed by atoms with Crippen LogP contribution >= 0.6 is 11.3 Å². The summed E-state index contributed by atoms with van der Waals surface area (Å²) in [7, 11) is 0. The number of rotatable bonds is 3. The number of thiophene rings is 1. The molecule has 4 aromatic rings. The second-order valence-electron chi connectivity index (χ2n) is 5.71. The number of fused-ring (bicyclic) bond motifs is 1. The number of halogens is 2. The van der Waals surface area contributed by atoms with Crippen LogP contribution in [0.4, 0.5) is 8.78 Å². The van der Waals surface area contributed by atoms with Gasteiger partial charge in [0, 0.05) is 5.56 Å². The van der Waals surface area contributed by atoms with E-state index in [1.54, 1.807) is 29.6 Å². The molecule has 0 spiro atoms. The smallest absolute Gasteiger partial charge is 0.287 e. The van der Waals surface area contributed by atoms with Gasteiger partial charge in [0.05, 0.1) is 17.7 Å². The Bertz CT molecular complexity index is 1220. The Hall–Kier alpha value is -3.06. The summed E-state index contributed by atoms with van der Waals surface area (Å²) < 4.78 is 30.0. The van der Waals surface area contributed by atoms with Crippen LogP contribution in [0.1, 0.15) is 5.56 Å². The Morgan fingerprint density at radius 3 is 2.38 bits per heavy atom. The van der Waals surface area contributed by atoms with Crippen LogP contribution in [0.25, 0.3) is 15.9 Å². The molecule has 0 atom stereocenters. The van der Waals surface area contributed by atoms with Gasteiger partial charge in [-0.15, -0.1) is 11.3 Å². The van der Waals surface area contributed by atoms with Crippen LogP contribution in [0.15, 0.2) is 69.6 Å². The van der Waals surface area contributed by atoms with Gasteiger partial charge in [-0.1, -0.05) is 18.2 Å². The lowest BCUT2D eigenvalue weighted by Gasteiger charge is -2.12. The van der Waals surface area contributed by atoms with Gasteiger partial charge in [-0.05, 0) is 41.8 Å². The first kappa shape index (κ1) is 16.4. The van der Waals surface area contributed by atoms with Crippen molar-refractivity contribution in [3.8, 4) is 5.69 Å². The molecule has 0 N–H and O–H groups in total. The van der Waals surface area contributed by atoms with E-state index < -0.39 is 22.9 Å². The molecule has 0 fully saturated rings. The molecule has 0 saturated heterocycles. The van der Waals surface area contributed by atoms with Crippen molar-refractivity contribution in [3.05, 3.63) is 98.0 Å². The zero-order valence-corrected chi connectivity index (χ0v) is 14.2. The van der Waals surface area contributed by atoms with Gasteiger partial charge in [-0.25, -0.2) is 18.1 Å². The minimum atomic E-state index is -0.601. The normalized spacial score (nSPS) is 11.2. The van der Waals surface area contributed by atoms with Crippen LogP contribution in [0, 0.1) is 11.6 Å². The molecule has 7 heteroatoms. The Morgan fingerprint density at radius 1 is 0.923 bits per heavy atom. The molecule has 130 valence electrons. The SMILES string of the molecule is O=c1c2sccc2n(Cc2ccccc2F)c(=O)n1-c1ccc(F)cc1. The molecule has 4 nitrogen and oxygen atoms in total. The molecule has 0 bridgehead atoms. The average Bonchev–Trinajstić information content (AvgIpc) is 3.12. The predicted octanol–water partition coefficient (Wildman–Crippen LogP) is 3.54. The molecule has 0 aliphatic rings. The first-order valence-electron chi connectivity index (χ1n) is 7.78. The Labute approximate surface area is 150 Å². The highest BCUT2D eigenvalue weighted by Crippen LogP contribution is 2.18. The van der Waals surface area contributed by atoms with E-state index >= 15 is 0 Å². The van der Waals surface area contributed by atoms with Crippen LogP contribution in [0.3, 0.4) is 0 Å². The van der Waals surface area contributed by atoms with Gasteiger partial charge in [0.25, 0.3) is 5.56 Å². The minimum Gasteiger partial charge on any atom is -0.287 e. The van der Waals surface area contributed by atoms with E-state index in [0.717, 1.165) is 4.57 Å². The predicted molar refractivity (Wildman–Crippen MR) is 97.1 cm³/mol. The van der Waals surface area contributed by atoms with E-state index in [9.17, 15) is 18.4 Å². The van der Waals surface area contributed by atoms with E-state index in [1.807, 2.05) is 0 Å². The third-order valence-corrected chi connectivity index (χ3v) is 5.02. The van der Waals surface area contributed by atoms with Gasteiger partial charge in [-0.2, -0.15) is 0 Å². The number of hydrogen-bond donors (Lipinski definition) is 0. The Morgan fingerprint density at radius 2 is 1.65 bits per heavy atom. The molecule has 0 amide bonds. The molecule has 0 radical (unpaired) electrons. The largest absolute Gasteiger partial charge is 0.336 e. The third kappa shape index (κ3) is 2.66. The van der Waals surface area contributed by atoms with Crippen molar-refractivity contribution in [3.63, 3.8) is 0 Å². The minimum absolute atomic E-state index is 0.0137. The van der Waals surface area contributed by atoms with Crippen LogP contribution in [0.5, 0.6) is 0 Å². The van der Waals surface area contributed by atoms with Crippen LogP contribution in [-0.4, -0.2) is 9.13 Å². The lowest BCUT2D eigenvalue weighted by atomic mass is 10.2. The fourth-order valence-electron chi connectivity index (χ4n) is 2.85. The summed E-state index contributed by atoms with van der Waals surface area (Å²) in [5, 5.41) is 1.71. The fraction of sp³-hybridized carbons (Fsp3) is 0.0526. The fourth-order valence-corrected chi connectivity index (χ4v) is 3.68. The maximum atomic E-state index is 14.1. The standard InChI is InChI=1S/C19H12F2N2O2S/c20-13-5-7-14(8-6-13)23-18(24)17-16(9-10-26-17)22(19(23)25)11-12-3-1-2-4-15(12)21/h1-10H,11H2. The summed E-state index contributed by atoms with van der Waals surface area (Å²) >= 11 is 1.20. The van der Waals surface area contributed by atoms with Crippen molar-refractivity contribution in [2.24, 2.45) is 0 Å². The summed E-state index contributed by atoms with van der Waals surface area (Å²) in [6, 6.07) is 12.9. The topological polar surface area (TPSA) is 44.0 Å². The van der Waals surface area contributed by atoms with Crippen molar-refractivity contribution < 1.29 is 8.78 Å². The highest BCUT2D eigenvalue weighted by Gasteiger charge is 2.16.